The molecule has 2 rings (SSSR count). The Bertz CT molecular complexity index is 572. The van der Waals surface area contributed by atoms with Crippen molar-refractivity contribution in [3.8, 4) is 5.75 Å². The van der Waals surface area contributed by atoms with E-state index in [1.54, 1.807) is 14.0 Å². The molecule has 1 unspecified atom stereocenters. The zero-order valence-corrected chi connectivity index (χ0v) is 11.1. The molecule has 0 aromatic heterocycles. The van der Waals surface area contributed by atoms with Crippen LogP contribution < -0.4 is 4.74 Å². The summed E-state index contributed by atoms with van der Waals surface area (Å²) < 4.78 is 5.21. The van der Waals surface area contributed by atoms with Crippen LogP contribution in [0.1, 0.15) is 31.7 Å². The lowest BCUT2D eigenvalue weighted by molar-refractivity contribution is -0.118. The summed E-state index contributed by atoms with van der Waals surface area (Å²) in [5.41, 5.74) is 1.10. The maximum Gasteiger partial charge on any atom is 0.137 e. The maximum absolute atomic E-state index is 11.6. The van der Waals surface area contributed by atoms with Crippen LogP contribution in [0.5, 0.6) is 5.75 Å². The van der Waals surface area contributed by atoms with Gasteiger partial charge in [-0.25, -0.2) is 0 Å². The molecule has 0 radical (unpaired) electrons. The van der Waals surface area contributed by atoms with Crippen LogP contribution in [-0.2, 0) is 4.79 Å². The Morgan fingerprint density at radius 3 is 2.44 bits per heavy atom. The van der Waals surface area contributed by atoms with Crippen molar-refractivity contribution in [2.24, 2.45) is 0 Å². The van der Waals surface area contributed by atoms with E-state index in [4.69, 9.17) is 4.74 Å². The highest BCUT2D eigenvalue weighted by atomic mass is 16.5. The molecule has 0 heterocycles. The molecule has 0 spiro atoms. The van der Waals surface area contributed by atoms with Gasteiger partial charge in [0.1, 0.15) is 11.5 Å². The second-order valence-electron chi connectivity index (χ2n) is 4.54. The summed E-state index contributed by atoms with van der Waals surface area (Å²) in [4.78, 5) is 11.6. The van der Waals surface area contributed by atoms with Gasteiger partial charge in [-0.15, -0.1) is 0 Å². The van der Waals surface area contributed by atoms with Crippen LogP contribution in [-0.4, -0.2) is 12.9 Å². The van der Waals surface area contributed by atoms with Gasteiger partial charge in [-0.2, -0.15) is 0 Å². The summed E-state index contributed by atoms with van der Waals surface area (Å²) in [6.07, 6.45) is 0.844. The van der Waals surface area contributed by atoms with Crippen LogP contribution in [0.4, 0.5) is 0 Å². The fourth-order valence-electron chi connectivity index (χ4n) is 2.34. The van der Waals surface area contributed by atoms with Crippen LogP contribution in [0, 0.1) is 0 Å². The van der Waals surface area contributed by atoms with Crippen LogP contribution in [0.25, 0.3) is 10.8 Å². The maximum atomic E-state index is 11.6. The summed E-state index contributed by atoms with van der Waals surface area (Å²) >= 11 is 0. The Morgan fingerprint density at radius 2 is 1.83 bits per heavy atom. The minimum absolute atomic E-state index is 0.0106. The molecule has 0 amide bonds. The molecule has 0 fully saturated rings. The van der Waals surface area contributed by atoms with E-state index in [-0.39, 0.29) is 11.7 Å². The number of Topliss-reactive ketones (excluding diaryl/α,β-unsaturated/α-hetero) is 1. The molecule has 18 heavy (non-hydrogen) atoms. The van der Waals surface area contributed by atoms with Gasteiger partial charge in [0.25, 0.3) is 0 Å². The molecule has 0 saturated heterocycles. The number of rotatable bonds is 4. The summed E-state index contributed by atoms with van der Waals surface area (Å²) in [6.45, 7) is 3.71. The van der Waals surface area contributed by atoms with Gasteiger partial charge in [0.15, 0.2) is 0 Å². The fourth-order valence-corrected chi connectivity index (χ4v) is 2.34. The molecule has 0 saturated carbocycles. The third kappa shape index (κ3) is 2.37. The van der Waals surface area contributed by atoms with E-state index >= 15 is 0 Å². The molecular formula is C16H18O2. The molecule has 0 N–H and O–H groups in total. The molecule has 1 atom stereocenters. The Hall–Kier alpha value is -1.83. The van der Waals surface area contributed by atoms with E-state index < -0.39 is 0 Å². The van der Waals surface area contributed by atoms with Crippen LogP contribution in [0.2, 0.25) is 0 Å². The average molecular weight is 242 g/mol. The Morgan fingerprint density at radius 1 is 1.17 bits per heavy atom. The van der Waals surface area contributed by atoms with Gasteiger partial charge in [0, 0.05) is 5.92 Å². The number of ether oxygens (including phenoxy) is 1. The topological polar surface area (TPSA) is 26.3 Å². The van der Waals surface area contributed by atoms with Crippen molar-refractivity contribution in [2.75, 3.05) is 7.11 Å². The fraction of sp³-hybridized carbons (Fsp3) is 0.312. The summed E-state index contributed by atoms with van der Waals surface area (Å²) in [5.74, 6) is 1.09. The van der Waals surface area contributed by atoms with E-state index in [2.05, 4.69) is 12.1 Å². The van der Waals surface area contributed by atoms with Crippen molar-refractivity contribution in [3.63, 3.8) is 0 Å². The molecule has 0 aliphatic carbocycles. The lowest BCUT2D eigenvalue weighted by Gasteiger charge is -2.12. The molecule has 94 valence electrons. The summed E-state index contributed by atoms with van der Waals surface area (Å²) in [5, 5.41) is 2.28. The minimum Gasteiger partial charge on any atom is -0.497 e. The Kier molecular flexibility index (Phi) is 3.66. The number of carbonyl (C=O) groups excluding carboxylic acids is 1. The average Bonchev–Trinajstić information content (AvgIpc) is 2.38. The number of fused-ring (bicyclic) bond motifs is 1. The van der Waals surface area contributed by atoms with Crippen molar-refractivity contribution >= 4 is 16.6 Å². The largest absolute Gasteiger partial charge is 0.497 e. The predicted octanol–water partition coefficient (Wildman–Crippen LogP) is 3.93. The molecule has 2 heteroatoms. The Labute approximate surface area is 108 Å². The van der Waals surface area contributed by atoms with Crippen LogP contribution >= 0.6 is 0 Å². The zero-order valence-electron chi connectivity index (χ0n) is 11.1. The van der Waals surface area contributed by atoms with Gasteiger partial charge < -0.3 is 4.74 Å². The number of hydrogen-bond acceptors (Lipinski definition) is 2. The normalized spacial score (nSPS) is 12.4. The molecular weight excluding hydrogens is 224 g/mol. The lowest BCUT2D eigenvalue weighted by Crippen LogP contribution is -2.07. The monoisotopic (exact) mass is 242 g/mol. The second kappa shape index (κ2) is 5.21. The van der Waals surface area contributed by atoms with E-state index in [0.29, 0.717) is 0 Å². The van der Waals surface area contributed by atoms with Crippen molar-refractivity contribution in [2.45, 2.75) is 26.2 Å². The van der Waals surface area contributed by atoms with E-state index in [1.807, 2.05) is 31.2 Å². The number of methoxy groups -OCH3 is 1. The number of hydrogen-bond donors (Lipinski definition) is 0. The van der Waals surface area contributed by atoms with Crippen molar-refractivity contribution in [1.82, 2.24) is 0 Å². The highest BCUT2D eigenvalue weighted by Crippen LogP contribution is 2.27. The van der Waals surface area contributed by atoms with Crippen molar-refractivity contribution in [3.05, 3.63) is 42.0 Å². The van der Waals surface area contributed by atoms with Gasteiger partial charge in [-0.1, -0.05) is 31.2 Å². The first-order valence-electron chi connectivity index (χ1n) is 6.24. The molecule has 0 aliphatic rings. The SMILES string of the molecule is CCC(C(C)=O)c1ccc2cc(OC)ccc2c1. The first kappa shape index (κ1) is 12.6. The lowest BCUT2D eigenvalue weighted by atomic mass is 9.91. The quantitative estimate of drug-likeness (QED) is 0.812. The van der Waals surface area contributed by atoms with Gasteiger partial charge in [-0.3, -0.25) is 4.79 Å². The molecule has 2 nitrogen and oxygen atoms in total. The number of ketones is 1. The van der Waals surface area contributed by atoms with Gasteiger partial charge in [-0.05, 0) is 41.8 Å². The molecule has 0 aliphatic heterocycles. The highest BCUT2D eigenvalue weighted by molar-refractivity contribution is 5.88. The van der Waals surface area contributed by atoms with Gasteiger partial charge >= 0.3 is 0 Å². The number of carbonyl (C=O) groups is 1. The van der Waals surface area contributed by atoms with Crippen molar-refractivity contribution < 1.29 is 9.53 Å². The predicted molar refractivity (Wildman–Crippen MR) is 74.2 cm³/mol. The smallest absolute Gasteiger partial charge is 0.137 e. The standard InChI is InChI=1S/C16H18O2/c1-4-16(11(2)17)14-6-5-13-10-15(18-3)8-7-12(13)9-14/h5-10,16H,4H2,1-3H3. The van der Waals surface area contributed by atoms with E-state index in [0.717, 1.165) is 28.5 Å². The number of benzene rings is 2. The Balaban J connectivity index is 2.47. The van der Waals surface area contributed by atoms with Crippen LogP contribution in [0.15, 0.2) is 36.4 Å². The van der Waals surface area contributed by atoms with Crippen LogP contribution in [0.3, 0.4) is 0 Å². The second-order valence-corrected chi connectivity index (χ2v) is 4.54. The van der Waals surface area contributed by atoms with Gasteiger partial charge in [0.05, 0.1) is 7.11 Å². The molecule has 0 bridgehead atoms. The van der Waals surface area contributed by atoms with Gasteiger partial charge in [0.2, 0.25) is 0 Å². The first-order chi connectivity index (χ1) is 8.65. The zero-order chi connectivity index (χ0) is 13.1. The molecule has 2 aromatic rings. The van der Waals surface area contributed by atoms with E-state index in [1.165, 1.54) is 0 Å². The highest BCUT2D eigenvalue weighted by Gasteiger charge is 2.14. The van der Waals surface area contributed by atoms with Crippen molar-refractivity contribution in [1.29, 1.82) is 0 Å². The third-order valence-corrected chi connectivity index (χ3v) is 3.37. The summed E-state index contributed by atoms with van der Waals surface area (Å²) in [7, 11) is 1.67. The minimum atomic E-state index is 0.0106. The van der Waals surface area contributed by atoms with E-state index in [9.17, 15) is 4.79 Å². The first-order valence-corrected chi connectivity index (χ1v) is 6.24. The summed E-state index contributed by atoms with van der Waals surface area (Å²) in [6, 6.07) is 12.2. The molecule has 2 aromatic carbocycles. The third-order valence-electron chi connectivity index (χ3n) is 3.37.